The van der Waals surface area contributed by atoms with Crippen LogP contribution in [0.3, 0.4) is 0 Å². The average molecular weight is 360 g/mol. The van der Waals surface area contributed by atoms with E-state index in [9.17, 15) is 9.59 Å². The molecule has 3 heterocycles. The third-order valence-corrected chi connectivity index (χ3v) is 4.72. The zero-order chi connectivity index (χ0) is 19.0. The number of aromatic nitrogens is 3. The van der Waals surface area contributed by atoms with Gasteiger partial charge in [0.05, 0.1) is 5.52 Å². The minimum Gasteiger partial charge on any atom is -0.326 e. The zero-order valence-electron chi connectivity index (χ0n) is 15.3. The molecule has 3 aromatic heterocycles. The molecule has 0 fully saturated rings. The van der Waals surface area contributed by atoms with Crippen LogP contribution in [0.15, 0.2) is 59.7 Å². The number of nitrogens with zero attached hydrogens (tertiary/aromatic N) is 3. The Kier molecular flexibility index (Phi) is 4.24. The van der Waals surface area contributed by atoms with Crippen LogP contribution in [0.5, 0.6) is 0 Å². The topological polar surface area (TPSA) is 68.4 Å². The van der Waals surface area contributed by atoms with E-state index in [2.05, 4.69) is 10.3 Å². The Bertz CT molecular complexity index is 1220. The van der Waals surface area contributed by atoms with Gasteiger partial charge >= 0.3 is 0 Å². The molecule has 6 heteroatoms. The van der Waals surface area contributed by atoms with Crippen molar-refractivity contribution in [2.75, 3.05) is 5.32 Å². The number of hydrogen-bond donors (Lipinski definition) is 1. The molecule has 0 atom stereocenters. The van der Waals surface area contributed by atoms with Crippen LogP contribution in [0, 0.1) is 13.8 Å². The van der Waals surface area contributed by atoms with Crippen LogP contribution in [-0.2, 0) is 11.3 Å². The maximum atomic E-state index is 12.8. The van der Waals surface area contributed by atoms with Crippen molar-refractivity contribution in [2.24, 2.45) is 0 Å². The molecular formula is C21H20N4O2. The lowest BCUT2D eigenvalue weighted by Gasteiger charge is -2.12. The molecule has 0 aliphatic carbocycles. The van der Waals surface area contributed by atoms with Crippen LogP contribution >= 0.6 is 0 Å². The second-order valence-corrected chi connectivity index (χ2v) is 6.68. The normalized spacial score (nSPS) is 11.2. The van der Waals surface area contributed by atoms with Crippen molar-refractivity contribution in [3.05, 3.63) is 76.3 Å². The Morgan fingerprint density at radius 1 is 1.11 bits per heavy atom. The van der Waals surface area contributed by atoms with Gasteiger partial charge in [0.15, 0.2) is 5.65 Å². The van der Waals surface area contributed by atoms with E-state index in [1.54, 1.807) is 16.8 Å². The summed E-state index contributed by atoms with van der Waals surface area (Å²) in [6.45, 7) is 4.21. The second kappa shape index (κ2) is 6.72. The molecule has 0 aliphatic rings. The van der Waals surface area contributed by atoms with Crippen molar-refractivity contribution in [1.29, 1.82) is 0 Å². The van der Waals surface area contributed by atoms with Gasteiger partial charge in [0.2, 0.25) is 5.91 Å². The van der Waals surface area contributed by atoms with Gasteiger partial charge in [-0.2, -0.15) is 0 Å². The highest BCUT2D eigenvalue weighted by molar-refractivity contribution is 5.91. The van der Waals surface area contributed by atoms with E-state index in [0.29, 0.717) is 11.2 Å². The summed E-state index contributed by atoms with van der Waals surface area (Å²) >= 11 is 0. The van der Waals surface area contributed by atoms with E-state index in [1.807, 2.05) is 60.8 Å². The van der Waals surface area contributed by atoms with Crippen LogP contribution in [0.25, 0.3) is 16.7 Å². The van der Waals surface area contributed by atoms with Crippen molar-refractivity contribution in [1.82, 2.24) is 14.0 Å². The van der Waals surface area contributed by atoms with E-state index in [0.717, 1.165) is 22.3 Å². The standard InChI is InChI=1S/C21H20N4O2/c1-14-7-8-15(2)16(13-14)23-19(26)9-12-25-20-17(5-3-10-22-20)24-11-4-6-18(24)21(25)27/h3-8,10-11,13H,9,12H2,1-2H3,(H,23,26). The molecular weight excluding hydrogens is 340 g/mol. The fourth-order valence-electron chi connectivity index (χ4n) is 3.29. The van der Waals surface area contributed by atoms with Gasteiger partial charge in [-0.15, -0.1) is 0 Å². The van der Waals surface area contributed by atoms with Crippen LogP contribution in [0.2, 0.25) is 0 Å². The van der Waals surface area contributed by atoms with Gasteiger partial charge < -0.3 is 9.72 Å². The molecule has 1 aromatic carbocycles. The van der Waals surface area contributed by atoms with Crippen LogP contribution < -0.4 is 10.9 Å². The Morgan fingerprint density at radius 3 is 2.78 bits per heavy atom. The lowest BCUT2D eigenvalue weighted by atomic mass is 10.1. The first kappa shape index (κ1) is 17.0. The van der Waals surface area contributed by atoms with Gasteiger partial charge in [-0.25, -0.2) is 4.98 Å². The number of amides is 1. The van der Waals surface area contributed by atoms with Gasteiger partial charge in [0.1, 0.15) is 5.52 Å². The van der Waals surface area contributed by atoms with E-state index >= 15 is 0 Å². The van der Waals surface area contributed by atoms with Gasteiger partial charge in [0, 0.05) is 31.0 Å². The summed E-state index contributed by atoms with van der Waals surface area (Å²) in [5, 5.41) is 2.94. The van der Waals surface area contributed by atoms with E-state index in [-0.39, 0.29) is 24.4 Å². The molecule has 6 nitrogen and oxygen atoms in total. The van der Waals surface area contributed by atoms with Crippen molar-refractivity contribution >= 4 is 28.3 Å². The number of benzene rings is 1. The maximum absolute atomic E-state index is 12.8. The van der Waals surface area contributed by atoms with E-state index < -0.39 is 0 Å². The van der Waals surface area contributed by atoms with Crippen molar-refractivity contribution in [3.8, 4) is 0 Å². The van der Waals surface area contributed by atoms with E-state index in [1.165, 1.54) is 0 Å². The Hall–Kier alpha value is -3.41. The lowest BCUT2D eigenvalue weighted by molar-refractivity contribution is -0.116. The van der Waals surface area contributed by atoms with Gasteiger partial charge in [-0.05, 0) is 55.3 Å². The smallest absolute Gasteiger partial charge is 0.276 e. The Balaban J connectivity index is 1.63. The number of hydrogen-bond acceptors (Lipinski definition) is 3. The second-order valence-electron chi connectivity index (χ2n) is 6.68. The molecule has 0 radical (unpaired) electrons. The minimum atomic E-state index is -0.147. The molecule has 136 valence electrons. The van der Waals surface area contributed by atoms with Crippen LogP contribution in [0.1, 0.15) is 17.5 Å². The molecule has 4 aromatic rings. The third-order valence-electron chi connectivity index (χ3n) is 4.72. The van der Waals surface area contributed by atoms with Crippen molar-refractivity contribution < 1.29 is 4.79 Å². The molecule has 1 amide bonds. The van der Waals surface area contributed by atoms with Crippen LogP contribution in [-0.4, -0.2) is 19.9 Å². The first-order valence-electron chi connectivity index (χ1n) is 8.86. The van der Waals surface area contributed by atoms with Gasteiger partial charge in [0.25, 0.3) is 5.56 Å². The third kappa shape index (κ3) is 3.10. The number of anilines is 1. The SMILES string of the molecule is Cc1ccc(C)c(NC(=O)CCn2c(=O)c3cccn3c3cccnc32)c1. The van der Waals surface area contributed by atoms with Gasteiger partial charge in [-0.3, -0.25) is 14.2 Å². The summed E-state index contributed by atoms with van der Waals surface area (Å²) in [5.74, 6) is -0.130. The summed E-state index contributed by atoms with van der Waals surface area (Å²) in [7, 11) is 0. The summed E-state index contributed by atoms with van der Waals surface area (Å²) in [4.78, 5) is 29.7. The quantitative estimate of drug-likeness (QED) is 0.607. The molecule has 0 aliphatic heterocycles. The molecule has 4 rings (SSSR count). The fraction of sp³-hybridized carbons (Fsp3) is 0.190. The molecule has 1 N–H and O–H groups in total. The molecule has 0 spiro atoms. The highest BCUT2D eigenvalue weighted by atomic mass is 16.2. The highest BCUT2D eigenvalue weighted by Crippen LogP contribution is 2.17. The first-order valence-corrected chi connectivity index (χ1v) is 8.86. The number of carbonyl (C=O) groups is 1. The molecule has 0 bridgehead atoms. The summed E-state index contributed by atoms with van der Waals surface area (Å²) in [5.41, 5.74) is 4.74. The predicted octanol–water partition coefficient (Wildman–Crippen LogP) is 3.29. The lowest BCUT2D eigenvalue weighted by Crippen LogP contribution is -2.26. The average Bonchev–Trinajstić information content (AvgIpc) is 3.15. The van der Waals surface area contributed by atoms with Crippen LogP contribution in [0.4, 0.5) is 5.69 Å². The summed E-state index contributed by atoms with van der Waals surface area (Å²) < 4.78 is 3.41. The molecule has 0 saturated heterocycles. The maximum Gasteiger partial charge on any atom is 0.276 e. The summed E-state index contributed by atoms with van der Waals surface area (Å²) in [6.07, 6.45) is 3.69. The Morgan fingerprint density at radius 2 is 1.93 bits per heavy atom. The van der Waals surface area contributed by atoms with Crippen molar-refractivity contribution in [2.45, 2.75) is 26.8 Å². The molecule has 0 unspecified atom stereocenters. The number of aryl methyl sites for hydroxylation is 3. The number of fused-ring (bicyclic) bond motifs is 3. The van der Waals surface area contributed by atoms with Gasteiger partial charge in [-0.1, -0.05) is 12.1 Å². The largest absolute Gasteiger partial charge is 0.326 e. The zero-order valence-corrected chi connectivity index (χ0v) is 15.3. The van der Waals surface area contributed by atoms with Crippen molar-refractivity contribution in [3.63, 3.8) is 0 Å². The number of pyridine rings is 1. The number of rotatable bonds is 4. The Labute approximate surface area is 156 Å². The predicted molar refractivity (Wildman–Crippen MR) is 106 cm³/mol. The molecule has 0 saturated carbocycles. The van der Waals surface area contributed by atoms with E-state index in [4.69, 9.17) is 0 Å². The fourth-order valence-corrected chi connectivity index (χ4v) is 3.29. The number of carbonyl (C=O) groups excluding carboxylic acids is 1. The highest BCUT2D eigenvalue weighted by Gasteiger charge is 2.13. The monoisotopic (exact) mass is 360 g/mol. The minimum absolute atomic E-state index is 0.130. The first-order chi connectivity index (χ1) is 13.0. The summed E-state index contributed by atoms with van der Waals surface area (Å²) in [6, 6.07) is 13.3. The number of nitrogens with one attached hydrogen (secondary N) is 1. The molecule has 27 heavy (non-hydrogen) atoms.